The molecule has 2 atom stereocenters. The fourth-order valence-corrected chi connectivity index (χ4v) is 4.25. The first-order valence-electron chi connectivity index (χ1n) is 9.76. The molecule has 0 N–H and O–H groups in total. The van der Waals surface area contributed by atoms with Gasteiger partial charge in [-0.05, 0) is 48.0 Å². The number of nitrogens with zero attached hydrogens (tertiary/aromatic N) is 4. The molecule has 158 valence electrons. The highest BCUT2D eigenvalue weighted by molar-refractivity contribution is 6.35. The molecule has 9 heteroatoms. The average molecular weight is 447 g/mol. The lowest BCUT2D eigenvalue weighted by molar-refractivity contribution is -0.384. The summed E-state index contributed by atoms with van der Waals surface area (Å²) in [5.41, 5.74) is 1.90. The standard InChI is InChI=1S/C23H15ClN4O4/c24-15-5-4-8-18(13-15)26-22(29)19-20(14-9-11-17(12-10-14)28(31)32)25-27(21(19)23(26)30)16-6-2-1-3-7-16/h1-13,19,21H/t19-,21-/m1/s1. The molecule has 3 aromatic rings. The second-order valence-corrected chi connectivity index (χ2v) is 7.82. The minimum Gasteiger partial charge on any atom is -0.273 e. The Morgan fingerprint density at radius 1 is 0.875 bits per heavy atom. The van der Waals surface area contributed by atoms with E-state index in [4.69, 9.17) is 11.6 Å². The molecular weight excluding hydrogens is 432 g/mol. The number of rotatable bonds is 4. The smallest absolute Gasteiger partial charge is 0.269 e. The summed E-state index contributed by atoms with van der Waals surface area (Å²) in [4.78, 5) is 38.6. The van der Waals surface area contributed by atoms with Gasteiger partial charge in [-0.3, -0.25) is 24.7 Å². The molecular formula is C23H15ClN4O4. The molecule has 0 saturated carbocycles. The number of nitro groups is 1. The van der Waals surface area contributed by atoms with Gasteiger partial charge < -0.3 is 0 Å². The lowest BCUT2D eigenvalue weighted by atomic mass is 9.92. The number of fused-ring (bicyclic) bond motifs is 1. The van der Waals surface area contributed by atoms with E-state index in [1.54, 1.807) is 53.5 Å². The van der Waals surface area contributed by atoms with E-state index in [1.807, 2.05) is 18.2 Å². The van der Waals surface area contributed by atoms with Crippen LogP contribution in [-0.2, 0) is 9.59 Å². The van der Waals surface area contributed by atoms with Crippen molar-refractivity contribution in [2.24, 2.45) is 11.0 Å². The third-order valence-corrected chi connectivity index (χ3v) is 5.75. The predicted molar refractivity (Wildman–Crippen MR) is 120 cm³/mol. The van der Waals surface area contributed by atoms with Gasteiger partial charge in [0.2, 0.25) is 5.91 Å². The molecule has 2 heterocycles. The van der Waals surface area contributed by atoms with Crippen LogP contribution >= 0.6 is 11.6 Å². The number of non-ortho nitro benzene ring substituents is 1. The Morgan fingerprint density at radius 3 is 2.22 bits per heavy atom. The molecule has 1 fully saturated rings. The molecule has 32 heavy (non-hydrogen) atoms. The summed E-state index contributed by atoms with van der Waals surface area (Å²) < 4.78 is 0. The van der Waals surface area contributed by atoms with Crippen LogP contribution in [0.1, 0.15) is 5.56 Å². The third-order valence-electron chi connectivity index (χ3n) is 5.51. The first kappa shape index (κ1) is 19.9. The number of carbonyl (C=O) groups is 2. The van der Waals surface area contributed by atoms with E-state index in [0.717, 1.165) is 4.90 Å². The van der Waals surface area contributed by atoms with Crippen molar-refractivity contribution in [3.05, 3.63) is 99.6 Å². The van der Waals surface area contributed by atoms with Crippen molar-refractivity contribution in [3.63, 3.8) is 0 Å². The van der Waals surface area contributed by atoms with Crippen molar-refractivity contribution in [1.29, 1.82) is 0 Å². The summed E-state index contributed by atoms with van der Waals surface area (Å²) in [5, 5.41) is 17.6. The maximum absolute atomic E-state index is 13.5. The molecule has 0 aromatic heterocycles. The molecule has 0 bridgehead atoms. The van der Waals surface area contributed by atoms with Gasteiger partial charge in [-0.25, -0.2) is 4.90 Å². The molecule has 3 aromatic carbocycles. The van der Waals surface area contributed by atoms with Crippen LogP contribution in [0.4, 0.5) is 17.1 Å². The maximum atomic E-state index is 13.5. The van der Waals surface area contributed by atoms with Gasteiger partial charge in [-0.2, -0.15) is 5.10 Å². The van der Waals surface area contributed by atoms with Crippen molar-refractivity contribution >= 4 is 46.2 Å². The largest absolute Gasteiger partial charge is 0.273 e. The van der Waals surface area contributed by atoms with E-state index in [0.29, 0.717) is 27.7 Å². The number of hydrogen-bond donors (Lipinski definition) is 0. The van der Waals surface area contributed by atoms with E-state index in [2.05, 4.69) is 5.10 Å². The van der Waals surface area contributed by atoms with Crippen LogP contribution < -0.4 is 9.91 Å². The Morgan fingerprint density at radius 2 is 1.56 bits per heavy atom. The summed E-state index contributed by atoms with van der Waals surface area (Å²) in [6.07, 6.45) is 0. The zero-order valence-electron chi connectivity index (χ0n) is 16.5. The van der Waals surface area contributed by atoms with Crippen molar-refractivity contribution in [3.8, 4) is 0 Å². The number of anilines is 2. The van der Waals surface area contributed by atoms with Crippen LogP contribution in [0, 0.1) is 16.0 Å². The third kappa shape index (κ3) is 3.12. The average Bonchev–Trinajstić information content (AvgIpc) is 3.31. The van der Waals surface area contributed by atoms with E-state index in [1.165, 1.54) is 12.1 Å². The second kappa shape index (κ2) is 7.58. The predicted octanol–water partition coefficient (Wildman–Crippen LogP) is 4.03. The van der Waals surface area contributed by atoms with Gasteiger partial charge in [-0.15, -0.1) is 0 Å². The van der Waals surface area contributed by atoms with Gasteiger partial charge in [0, 0.05) is 17.2 Å². The monoisotopic (exact) mass is 446 g/mol. The highest BCUT2D eigenvalue weighted by Crippen LogP contribution is 2.39. The summed E-state index contributed by atoms with van der Waals surface area (Å²) >= 11 is 6.09. The van der Waals surface area contributed by atoms with Crippen LogP contribution in [0.3, 0.4) is 0 Å². The minimum atomic E-state index is -0.867. The first-order valence-corrected chi connectivity index (χ1v) is 10.1. The fourth-order valence-electron chi connectivity index (χ4n) is 4.07. The zero-order valence-corrected chi connectivity index (χ0v) is 17.2. The van der Waals surface area contributed by atoms with Crippen molar-refractivity contribution in [1.82, 2.24) is 0 Å². The van der Waals surface area contributed by atoms with Crippen LogP contribution in [0.25, 0.3) is 0 Å². The Kier molecular flexibility index (Phi) is 4.71. The zero-order chi connectivity index (χ0) is 22.4. The Labute approximate surface area is 187 Å². The maximum Gasteiger partial charge on any atom is 0.269 e. The molecule has 0 unspecified atom stereocenters. The number of amides is 2. The number of hydrogen-bond acceptors (Lipinski definition) is 6. The molecule has 1 saturated heterocycles. The molecule has 8 nitrogen and oxygen atoms in total. The van der Waals surface area contributed by atoms with Gasteiger partial charge in [0.1, 0.15) is 12.0 Å². The van der Waals surface area contributed by atoms with Gasteiger partial charge in [0.25, 0.3) is 11.6 Å². The van der Waals surface area contributed by atoms with E-state index < -0.39 is 28.7 Å². The number of nitro benzene ring substituents is 1. The van der Waals surface area contributed by atoms with Crippen molar-refractivity contribution in [2.45, 2.75) is 6.04 Å². The van der Waals surface area contributed by atoms with Crippen LogP contribution in [-0.4, -0.2) is 28.5 Å². The highest BCUT2D eigenvalue weighted by Gasteiger charge is 2.57. The normalized spacial score (nSPS) is 19.8. The summed E-state index contributed by atoms with van der Waals surface area (Å²) in [7, 11) is 0. The molecule has 0 radical (unpaired) electrons. The number of hydrazone groups is 1. The van der Waals surface area contributed by atoms with E-state index >= 15 is 0 Å². The number of benzene rings is 3. The summed E-state index contributed by atoms with van der Waals surface area (Å²) in [6.45, 7) is 0. The number of carbonyl (C=O) groups excluding carboxylic acids is 2. The number of imide groups is 1. The lowest BCUT2D eigenvalue weighted by Crippen LogP contribution is -2.39. The van der Waals surface area contributed by atoms with Crippen LogP contribution in [0.2, 0.25) is 5.02 Å². The summed E-state index contributed by atoms with van der Waals surface area (Å²) in [6, 6.07) is 20.6. The lowest BCUT2D eigenvalue weighted by Gasteiger charge is -2.22. The fraction of sp³-hybridized carbons (Fsp3) is 0.0870. The molecule has 2 aliphatic heterocycles. The second-order valence-electron chi connectivity index (χ2n) is 7.38. The van der Waals surface area contributed by atoms with Crippen molar-refractivity contribution in [2.75, 3.05) is 9.91 Å². The van der Waals surface area contributed by atoms with E-state index in [-0.39, 0.29) is 5.69 Å². The minimum absolute atomic E-state index is 0.0711. The number of halogens is 1. The molecule has 0 aliphatic carbocycles. The molecule has 5 rings (SSSR count). The SMILES string of the molecule is O=C1[C@@H]2C(c3ccc([N+](=O)[O-])cc3)=NN(c3ccccc3)[C@H]2C(=O)N1c1cccc(Cl)c1. The van der Waals surface area contributed by atoms with Crippen molar-refractivity contribution < 1.29 is 14.5 Å². The quantitative estimate of drug-likeness (QED) is 0.342. The topological polar surface area (TPSA) is 96.1 Å². The Balaban J connectivity index is 1.62. The van der Waals surface area contributed by atoms with Crippen LogP contribution in [0.15, 0.2) is 84.0 Å². The summed E-state index contributed by atoms with van der Waals surface area (Å²) in [5.74, 6) is -1.69. The van der Waals surface area contributed by atoms with Gasteiger partial charge >= 0.3 is 0 Å². The highest BCUT2D eigenvalue weighted by atomic mass is 35.5. The Bertz CT molecular complexity index is 1280. The molecule has 0 spiro atoms. The number of para-hydroxylation sites is 1. The van der Waals surface area contributed by atoms with Gasteiger partial charge in [-0.1, -0.05) is 35.9 Å². The van der Waals surface area contributed by atoms with Gasteiger partial charge in [0.15, 0.2) is 0 Å². The molecule has 2 amide bonds. The Hall–Kier alpha value is -4.04. The first-order chi connectivity index (χ1) is 15.5. The van der Waals surface area contributed by atoms with Crippen LogP contribution in [0.5, 0.6) is 0 Å². The van der Waals surface area contributed by atoms with E-state index in [9.17, 15) is 19.7 Å². The van der Waals surface area contributed by atoms with Gasteiger partial charge in [0.05, 0.1) is 22.0 Å². The molecule has 2 aliphatic rings.